The van der Waals surface area contributed by atoms with Crippen molar-refractivity contribution in [2.75, 3.05) is 7.11 Å². The highest BCUT2D eigenvalue weighted by Crippen LogP contribution is 2.15. The second-order valence-corrected chi connectivity index (χ2v) is 2.63. The number of nitrogens with zero attached hydrogens (tertiary/aromatic N) is 1. The first-order chi connectivity index (χ1) is 6.33. The molecule has 74 valence electrons. The number of aromatic nitrogens is 2. The van der Waals surface area contributed by atoms with Crippen LogP contribution in [0.15, 0.2) is 24.4 Å². The van der Waals surface area contributed by atoms with Crippen molar-refractivity contribution >= 4 is 29.3 Å². The van der Waals surface area contributed by atoms with Gasteiger partial charge in [0.2, 0.25) is 0 Å². The maximum absolute atomic E-state index is 11.3. The van der Waals surface area contributed by atoms with Gasteiger partial charge in [-0.2, -0.15) is 5.10 Å². The van der Waals surface area contributed by atoms with Gasteiger partial charge in [0.1, 0.15) is 0 Å². The van der Waals surface area contributed by atoms with Crippen LogP contribution in [0.1, 0.15) is 10.4 Å². The number of esters is 1. The van der Waals surface area contributed by atoms with Gasteiger partial charge in [0.05, 0.1) is 24.4 Å². The number of ether oxygens (including phenoxy) is 1. The number of carbonyl (C=O) groups is 1. The highest BCUT2D eigenvalue weighted by molar-refractivity contribution is 6.02. The van der Waals surface area contributed by atoms with Gasteiger partial charge in [-0.3, -0.25) is 5.10 Å². The van der Waals surface area contributed by atoms with Crippen LogP contribution in [0.25, 0.3) is 10.9 Å². The molecule has 0 bridgehead atoms. The predicted molar refractivity (Wildman–Crippen MR) is 54.7 cm³/mol. The zero-order valence-corrected chi connectivity index (χ0v) is 8.30. The lowest BCUT2D eigenvalue weighted by Crippen LogP contribution is -2.01. The van der Waals surface area contributed by atoms with E-state index < -0.39 is 0 Å². The number of H-pyrrole nitrogens is 1. The van der Waals surface area contributed by atoms with Gasteiger partial charge in [0.15, 0.2) is 0 Å². The molecule has 0 spiro atoms. The van der Waals surface area contributed by atoms with Gasteiger partial charge in [-0.1, -0.05) is 12.1 Å². The summed E-state index contributed by atoms with van der Waals surface area (Å²) < 4.78 is 4.63. The van der Waals surface area contributed by atoms with Crippen molar-refractivity contribution in [2.24, 2.45) is 0 Å². The van der Waals surface area contributed by atoms with Crippen molar-refractivity contribution in [1.82, 2.24) is 10.2 Å². The lowest BCUT2D eigenvalue weighted by Gasteiger charge is -1.98. The molecule has 2 aromatic rings. The summed E-state index contributed by atoms with van der Waals surface area (Å²) in [6, 6.07) is 5.38. The fraction of sp³-hybridized carbons (Fsp3) is 0.111. The number of rotatable bonds is 1. The monoisotopic (exact) mass is 212 g/mol. The third-order valence-electron chi connectivity index (χ3n) is 1.88. The Bertz CT molecular complexity index is 453. The number of fused-ring (bicyclic) bond motifs is 1. The summed E-state index contributed by atoms with van der Waals surface area (Å²) >= 11 is 0. The molecule has 4 nitrogen and oxygen atoms in total. The number of halogens is 1. The molecular weight excluding hydrogens is 204 g/mol. The third-order valence-corrected chi connectivity index (χ3v) is 1.88. The SMILES string of the molecule is COC(=O)c1cccc2cn[nH]c12.Cl. The molecule has 0 amide bonds. The van der Waals surface area contributed by atoms with Gasteiger partial charge in [-0.25, -0.2) is 4.79 Å². The van der Waals surface area contributed by atoms with Gasteiger partial charge >= 0.3 is 5.97 Å². The van der Waals surface area contributed by atoms with Crippen LogP contribution in [0.4, 0.5) is 0 Å². The van der Waals surface area contributed by atoms with E-state index in [1.54, 1.807) is 18.3 Å². The minimum atomic E-state index is -0.352. The molecule has 1 N–H and O–H groups in total. The molecule has 5 heteroatoms. The summed E-state index contributed by atoms with van der Waals surface area (Å²) in [7, 11) is 1.36. The van der Waals surface area contributed by atoms with E-state index in [1.165, 1.54) is 7.11 Å². The first-order valence-electron chi connectivity index (χ1n) is 3.83. The molecule has 0 aliphatic rings. The van der Waals surface area contributed by atoms with Crippen LogP contribution in [0.2, 0.25) is 0 Å². The van der Waals surface area contributed by atoms with Gasteiger partial charge in [0.25, 0.3) is 0 Å². The van der Waals surface area contributed by atoms with Crippen molar-refractivity contribution in [3.63, 3.8) is 0 Å². The summed E-state index contributed by atoms with van der Waals surface area (Å²) in [4.78, 5) is 11.3. The Labute approximate surface area is 86.7 Å². The van der Waals surface area contributed by atoms with E-state index in [0.717, 1.165) is 5.39 Å². The Hall–Kier alpha value is -1.55. The van der Waals surface area contributed by atoms with Crippen LogP contribution in [-0.4, -0.2) is 23.3 Å². The van der Waals surface area contributed by atoms with Crippen LogP contribution in [0, 0.1) is 0 Å². The highest BCUT2D eigenvalue weighted by atomic mass is 35.5. The molecule has 0 radical (unpaired) electrons. The van der Waals surface area contributed by atoms with Gasteiger partial charge in [-0.05, 0) is 6.07 Å². The second kappa shape index (κ2) is 4.11. The van der Waals surface area contributed by atoms with Crippen LogP contribution < -0.4 is 0 Å². The predicted octanol–water partition coefficient (Wildman–Crippen LogP) is 1.77. The molecule has 14 heavy (non-hydrogen) atoms. The van der Waals surface area contributed by atoms with E-state index in [0.29, 0.717) is 11.1 Å². The van der Waals surface area contributed by atoms with E-state index in [1.807, 2.05) is 6.07 Å². The van der Waals surface area contributed by atoms with E-state index in [-0.39, 0.29) is 18.4 Å². The summed E-state index contributed by atoms with van der Waals surface area (Å²) in [5.41, 5.74) is 1.23. The van der Waals surface area contributed by atoms with E-state index >= 15 is 0 Å². The zero-order valence-electron chi connectivity index (χ0n) is 7.48. The molecule has 0 saturated carbocycles. The van der Waals surface area contributed by atoms with Crippen molar-refractivity contribution < 1.29 is 9.53 Å². The minimum absolute atomic E-state index is 0. The molecule has 1 heterocycles. The van der Waals surface area contributed by atoms with Crippen LogP contribution in [0.3, 0.4) is 0 Å². The second-order valence-electron chi connectivity index (χ2n) is 2.63. The summed E-state index contributed by atoms with van der Waals surface area (Å²) in [5.74, 6) is -0.352. The van der Waals surface area contributed by atoms with Crippen LogP contribution in [0.5, 0.6) is 0 Å². The Morgan fingerprint density at radius 3 is 3.00 bits per heavy atom. The maximum atomic E-state index is 11.3. The first-order valence-corrected chi connectivity index (χ1v) is 3.83. The number of carbonyl (C=O) groups excluding carboxylic acids is 1. The number of hydrogen-bond acceptors (Lipinski definition) is 3. The largest absolute Gasteiger partial charge is 0.465 e. The molecule has 2 rings (SSSR count). The average molecular weight is 213 g/mol. The topological polar surface area (TPSA) is 55.0 Å². The number of aromatic amines is 1. The molecule has 0 saturated heterocycles. The number of hydrogen-bond donors (Lipinski definition) is 1. The number of methoxy groups -OCH3 is 1. The molecule has 0 atom stereocenters. The first kappa shape index (κ1) is 10.5. The third kappa shape index (κ3) is 1.56. The maximum Gasteiger partial charge on any atom is 0.340 e. The van der Waals surface area contributed by atoms with Gasteiger partial charge < -0.3 is 4.74 Å². The van der Waals surface area contributed by atoms with E-state index in [2.05, 4.69) is 14.9 Å². The number of benzene rings is 1. The average Bonchev–Trinajstić information content (AvgIpc) is 2.63. The zero-order chi connectivity index (χ0) is 9.26. The molecule has 0 unspecified atom stereocenters. The highest BCUT2D eigenvalue weighted by Gasteiger charge is 2.10. The van der Waals surface area contributed by atoms with Crippen molar-refractivity contribution in [2.45, 2.75) is 0 Å². The molecule has 1 aromatic heterocycles. The molecular formula is C9H9ClN2O2. The fourth-order valence-corrected chi connectivity index (χ4v) is 1.25. The molecule has 0 aliphatic heterocycles. The number of para-hydroxylation sites is 1. The minimum Gasteiger partial charge on any atom is -0.465 e. The fourth-order valence-electron chi connectivity index (χ4n) is 1.25. The van der Waals surface area contributed by atoms with Gasteiger partial charge in [-0.15, -0.1) is 12.4 Å². The van der Waals surface area contributed by atoms with Crippen LogP contribution in [-0.2, 0) is 4.74 Å². The van der Waals surface area contributed by atoms with E-state index in [4.69, 9.17) is 0 Å². The standard InChI is InChI=1S/C9H8N2O2.ClH/c1-13-9(12)7-4-2-3-6-5-10-11-8(6)7;/h2-5H,1H3,(H,10,11);1H. The van der Waals surface area contributed by atoms with Crippen molar-refractivity contribution in [3.05, 3.63) is 30.0 Å². The summed E-state index contributed by atoms with van der Waals surface area (Å²) in [5, 5.41) is 7.50. The Morgan fingerprint density at radius 1 is 1.50 bits per heavy atom. The van der Waals surface area contributed by atoms with E-state index in [9.17, 15) is 4.79 Å². The normalized spacial score (nSPS) is 9.50. The Kier molecular flexibility index (Phi) is 3.09. The lowest BCUT2D eigenvalue weighted by atomic mass is 10.1. The van der Waals surface area contributed by atoms with Crippen LogP contribution >= 0.6 is 12.4 Å². The molecule has 0 aliphatic carbocycles. The van der Waals surface area contributed by atoms with Gasteiger partial charge in [0, 0.05) is 5.39 Å². The van der Waals surface area contributed by atoms with Crippen molar-refractivity contribution in [3.8, 4) is 0 Å². The molecule has 1 aromatic carbocycles. The quantitative estimate of drug-likeness (QED) is 0.733. The summed E-state index contributed by atoms with van der Waals surface area (Å²) in [6.07, 6.45) is 1.67. The lowest BCUT2D eigenvalue weighted by molar-refractivity contribution is 0.0603. The number of nitrogens with one attached hydrogen (secondary N) is 1. The Balaban J connectivity index is 0.000000980. The smallest absolute Gasteiger partial charge is 0.340 e. The molecule has 0 fully saturated rings. The summed E-state index contributed by atoms with van der Waals surface area (Å²) in [6.45, 7) is 0. The van der Waals surface area contributed by atoms with Crippen molar-refractivity contribution in [1.29, 1.82) is 0 Å². The Morgan fingerprint density at radius 2 is 2.29 bits per heavy atom.